The van der Waals surface area contributed by atoms with Gasteiger partial charge in [0.05, 0.1) is 7.11 Å². The number of benzene rings is 1. The van der Waals surface area contributed by atoms with Crippen molar-refractivity contribution in [2.24, 2.45) is 0 Å². The summed E-state index contributed by atoms with van der Waals surface area (Å²) in [6, 6.07) is 3.98. The summed E-state index contributed by atoms with van der Waals surface area (Å²) >= 11 is 0. The van der Waals surface area contributed by atoms with Crippen LogP contribution in [0.25, 0.3) is 0 Å². The summed E-state index contributed by atoms with van der Waals surface area (Å²) in [5.41, 5.74) is 2.96. The van der Waals surface area contributed by atoms with Gasteiger partial charge in [0.2, 0.25) is 0 Å². The Morgan fingerprint density at radius 2 is 1.95 bits per heavy atom. The number of phenols is 1. The van der Waals surface area contributed by atoms with Gasteiger partial charge in [0.15, 0.2) is 11.5 Å². The van der Waals surface area contributed by atoms with Crippen LogP contribution in [-0.2, 0) is 12.0 Å². The molecule has 3 heteroatoms. The first kappa shape index (κ1) is 12.8. The molecule has 0 atom stereocenters. The molecule has 0 saturated heterocycles. The molecule has 3 nitrogen and oxygen atoms in total. The lowest BCUT2D eigenvalue weighted by atomic mass is 9.66. The van der Waals surface area contributed by atoms with E-state index in [2.05, 4.69) is 11.4 Å². The molecule has 1 spiro atoms. The standard InChI is InChI=1S/C16H23NO2/c1-19-15-10-13-12(9-14(15)18)11-17-8-7-16(13)5-3-2-4-6-16/h9-10,17-18H,2-8,11H2,1H3. The fourth-order valence-electron chi connectivity index (χ4n) is 3.85. The molecular weight excluding hydrogens is 238 g/mol. The normalized spacial score (nSPS) is 21.7. The van der Waals surface area contributed by atoms with E-state index >= 15 is 0 Å². The van der Waals surface area contributed by atoms with Crippen LogP contribution in [0.5, 0.6) is 11.5 Å². The number of hydrogen-bond donors (Lipinski definition) is 2. The minimum atomic E-state index is 0.260. The van der Waals surface area contributed by atoms with Gasteiger partial charge in [-0.2, -0.15) is 0 Å². The van der Waals surface area contributed by atoms with E-state index in [1.165, 1.54) is 49.7 Å². The molecule has 19 heavy (non-hydrogen) atoms. The lowest BCUT2D eigenvalue weighted by Crippen LogP contribution is -2.30. The first-order valence-corrected chi connectivity index (χ1v) is 7.36. The average molecular weight is 261 g/mol. The molecule has 0 radical (unpaired) electrons. The van der Waals surface area contributed by atoms with Gasteiger partial charge in [-0.15, -0.1) is 0 Å². The third-order valence-electron chi connectivity index (χ3n) is 4.88. The first-order chi connectivity index (χ1) is 9.25. The van der Waals surface area contributed by atoms with Crippen molar-refractivity contribution >= 4 is 0 Å². The summed E-state index contributed by atoms with van der Waals surface area (Å²) in [4.78, 5) is 0. The molecule has 0 amide bonds. The smallest absolute Gasteiger partial charge is 0.160 e. The zero-order chi connectivity index (χ0) is 13.3. The van der Waals surface area contributed by atoms with Crippen LogP contribution >= 0.6 is 0 Å². The SMILES string of the molecule is COc1cc2c(cc1O)CNCCC21CCCCC1. The lowest BCUT2D eigenvalue weighted by molar-refractivity contribution is 0.275. The second kappa shape index (κ2) is 5.04. The van der Waals surface area contributed by atoms with Crippen molar-refractivity contribution in [3.63, 3.8) is 0 Å². The fourth-order valence-corrected chi connectivity index (χ4v) is 3.85. The maximum Gasteiger partial charge on any atom is 0.160 e. The van der Waals surface area contributed by atoms with E-state index in [1.54, 1.807) is 7.11 Å². The molecule has 1 aromatic carbocycles. The van der Waals surface area contributed by atoms with Gasteiger partial charge in [0.1, 0.15) is 0 Å². The van der Waals surface area contributed by atoms with E-state index < -0.39 is 0 Å². The molecule has 0 aromatic heterocycles. The third-order valence-corrected chi connectivity index (χ3v) is 4.88. The number of methoxy groups -OCH3 is 1. The number of nitrogens with one attached hydrogen (secondary N) is 1. The Morgan fingerprint density at radius 3 is 2.68 bits per heavy atom. The summed E-state index contributed by atoms with van der Waals surface area (Å²) in [5, 5.41) is 13.5. The minimum absolute atomic E-state index is 0.260. The number of phenolic OH excluding ortho intramolecular Hbond substituents is 1. The fraction of sp³-hybridized carbons (Fsp3) is 0.625. The van der Waals surface area contributed by atoms with Crippen LogP contribution in [-0.4, -0.2) is 18.8 Å². The van der Waals surface area contributed by atoms with Gasteiger partial charge in [0.25, 0.3) is 0 Å². The van der Waals surface area contributed by atoms with Gasteiger partial charge in [-0.25, -0.2) is 0 Å². The van der Waals surface area contributed by atoms with Crippen molar-refractivity contribution in [3.05, 3.63) is 23.3 Å². The van der Waals surface area contributed by atoms with E-state index in [9.17, 15) is 5.11 Å². The topological polar surface area (TPSA) is 41.5 Å². The van der Waals surface area contributed by atoms with Gasteiger partial charge < -0.3 is 15.2 Å². The Kier molecular flexibility index (Phi) is 3.40. The summed E-state index contributed by atoms with van der Waals surface area (Å²) in [5.74, 6) is 0.876. The van der Waals surface area contributed by atoms with E-state index in [0.717, 1.165) is 13.1 Å². The van der Waals surface area contributed by atoms with Crippen molar-refractivity contribution in [1.82, 2.24) is 5.32 Å². The maximum atomic E-state index is 9.99. The molecule has 3 rings (SSSR count). The molecule has 0 unspecified atom stereocenters. The van der Waals surface area contributed by atoms with Crippen molar-refractivity contribution in [3.8, 4) is 11.5 Å². The van der Waals surface area contributed by atoms with Crippen molar-refractivity contribution in [2.75, 3.05) is 13.7 Å². The molecule has 1 aliphatic heterocycles. The monoisotopic (exact) mass is 261 g/mol. The second-order valence-corrected chi connectivity index (χ2v) is 5.95. The third kappa shape index (κ3) is 2.20. The molecule has 0 bridgehead atoms. The van der Waals surface area contributed by atoms with Crippen LogP contribution in [0.2, 0.25) is 0 Å². The summed E-state index contributed by atoms with van der Waals surface area (Å²) in [6.07, 6.45) is 7.75. The zero-order valence-electron chi connectivity index (χ0n) is 11.7. The van der Waals surface area contributed by atoms with Crippen LogP contribution in [0.15, 0.2) is 12.1 Å². The summed E-state index contributed by atoms with van der Waals surface area (Å²) in [7, 11) is 1.63. The maximum absolute atomic E-state index is 9.99. The zero-order valence-corrected chi connectivity index (χ0v) is 11.7. The Labute approximate surface area is 115 Å². The predicted octanol–water partition coefficient (Wildman–Crippen LogP) is 3.10. The number of ether oxygens (including phenoxy) is 1. The van der Waals surface area contributed by atoms with Gasteiger partial charge >= 0.3 is 0 Å². The highest BCUT2D eigenvalue weighted by molar-refractivity contribution is 5.50. The van der Waals surface area contributed by atoms with E-state index in [4.69, 9.17) is 4.74 Å². The van der Waals surface area contributed by atoms with Gasteiger partial charge in [0, 0.05) is 6.54 Å². The quantitative estimate of drug-likeness (QED) is 0.816. The minimum Gasteiger partial charge on any atom is -0.504 e. The second-order valence-electron chi connectivity index (χ2n) is 5.95. The van der Waals surface area contributed by atoms with Crippen molar-refractivity contribution in [2.45, 2.75) is 50.5 Å². The largest absolute Gasteiger partial charge is 0.504 e. The van der Waals surface area contributed by atoms with Crippen LogP contribution in [0.1, 0.15) is 49.7 Å². The Morgan fingerprint density at radius 1 is 1.16 bits per heavy atom. The van der Waals surface area contributed by atoms with Crippen LogP contribution in [0, 0.1) is 0 Å². The van der Waals surface area contributed by atoms with Gasteiger partial charge in [-0.05, 0) is 54.5 Å². The summed E-state index contributed by atoms with van der Waals surface area (Å²) in [6.45, 7) is 1.92. The van der Waals surface area contributed by atoms with E-state index in [-0.39, 0.29) is 5.75 Å². The number of hydrogen-bond acceptors (Lipinski definition) is 3. The molecule has 1 fully saturated rings. The molecular formula is C16H23NO2. The van der Waals surface area contributed by atoms with Crippen LogP contribution in [0.4, 0.5) is 0 Å². The van der Waals surface area contributed by atoms with E-state index in [1.807, 2.05) is 6.07 Å². The highest BCUT2D eigenvalue weighted by Gasteiger charge is 2.37. The highest BCUT2D eigenvalue weighted by atomic mass is 16.5. The number of fused-ring (bicyclic) bond motifs is 2. The lowest BCUT2D eigenvalue weighted by Gasteiger charge is -2.38. The number of aromatic hydroxyl groups is 1. The molecule has 104 valence electrons. The highest BCUT2D eigenvalue weighted by Crippen LogP contribution is 2.46. The molecule has 1 saturated carbocycles. The Hall–Kier alpha value is -1.22. The van der Waals surface area contributed by atoms with Crippen molar-refractivity contribution < 1.29 is 9.84 Å². The molecule has 2 N–H and O–H groups in total. The molecule has 1 aromatic rings. The molecule has 1 heterocycles. The van der Waals surface area contributed by atoms with Crippen molar-refractivity contribution in [1.29, 1.82) is 0 Å². The van der Waals surface area contributed by atoms with Gasteiger partial charge in [-0.1, -0.05) is 19.3 Å². The Balaban J connectivity index is 2.10. The predicted molar refractivity (Wildman–Crippen MR) is 75.7 cm³/mol. The van der Waals surface area contributed by atoms with Gasteiger partial charge in [-0.3, -0.25) is 0 Å². The first-order valence-electron chi connectivity index (χ1n) is 7.36. The number of rotatable bonds is 1. The summed E-state index contributed by atoms with van der Waals surface area (Å²) < 4.78 is 5.32. The van der Waals surface area contributed by atoms with E-state index in [0.29, 0.717) is 11.2 Å². The van der Waals surface area contributed by atoms with Crippen LogP contribution < -0.4 is 10.1 Å². The molecule has 2 aliphatic rings. The molecule has 1 aliphatic carbocycles. The average Bonchev–Trinajstić information content (AvgIpc) is 2.59. The Bertz CT molecular complexity index is 464. The van der Waals surface area contributed by atoms with Crippen LogP contribution in [0.3, 0.4) is 0 Å².